The monoisotopic (exact) mass is 454 g/mol. The van der Waals surface area contributed by atoms with Crippen molar-refractivity contribution >= 4 is 11.8 Å². The molecule has 0 fully saturated rings. The molecule has 0 spiro atoms. The summed E-state index contributed by atoms with van der Waals surface area (Å²) in [4.78, 5) is 2.42. The molecule has 0 aliphatic carbocycles. The van der Waals surface area contributed by atoms with Gasteiger partial charge in [0.2, 0.25) is 0 Å². The molecule has 0 unspecified atom stereocenters. The van der Waals surface area contributed by atoms with Gasteiger partial charge in [-0.2, -0.15) is 0 Å². The fourth-order valence-corrected chi connectivity index (χ4v) is 5.35. The maximum atomic E-state index is 6.30. The molecule has 4 rings (SSSR count). The van der Waals surface area contributed by atoms with Gasteiger partial charge in [-0.05, 0) is 104 Å². The molecule has 2 nitrogen and oxygen atoms in total. The van der Waals surface area contributed by atoms with Crippen molar-refractivity contribution in [3.05, 3.63) is 101 Å². The summed E-state index contributed by atoms with van der Waals surface area (Å²) in [5.41, 5.74) is 8.23. The maximum absolute atomic E-state index is 6.30. The predicted octanol–water partition coefficient (Wildman–Crippen LogP) is 8.85. The third-order valence-corrected chi connectivity index (χ3v) is 6.71. The molecule has 33 heavy (non-hydrogen) atoms. The molecule has 4 aromatic carbocycles. The minimum atomic E-state index is 0.846. The van der Waals surface area contributed by atoms with Gasteiger partial charge in [0.1, 0.15) is 17.2 Å². The summed E-state index contributed by atoms with van der Waals surface area (Å²) in [7, 11) is 1.73. The first kappa shape index (κ1) is 23.0. The van der Waals surface area contributed by atoms with E-state index in [1.807, 2.05) is 12.1 Å². The van der Waals surface area contributed by atoms with Crippen molar-refractivity contribution in [2.75, 3.05) is 7.11 Å². The Balaban J connectivity index is 1.52. The Kier molecular flexibility index (Phi) is 6.80. The highest BCUT2D eigenvalue weighted by Gasteiger charge is 2.11. The minimum Gasteiger partial charge on any atom is -0.496 e. The van der Waals surface area contributed by atoms with E-state index in [0.29, 0.717) is 0 Å². The smallest absolute Gasteiger partial charge is 0.133 e. The van der Waals surface area contributed by atoms with Crippen LogP contribution in [0.15, 0.2) is 82.6 Å². The van der Waals surface area contributed by atoms with Gasteiger partial charge in [0.05, 0.1) is 7.11 Å². The Hall–Kier alpha value is -3.17. The van der Waals surface area contributed by atoms with E-state index in [1.165, 1.54) is 26.5 Å². The number of ether oxygens (including phenoxy) is 2. The van der Waals surface area contributed by atoms with Crippen molar-refractivity contribution < 1.29 is 9.47 Å². The Morgan fingerprint density at radius 2 is 0.970 bits per heavy atom. The van der Waals surface area contributed by atoms with E-state index in [9.17, 15) is 0 Å². The first-order chi connectivity index (χ1) is 15.8. The van der Waals surface area contributed by atoms with Crippen molar-refractivity contribution in [1.82, 2.24) is 0 Å². The van der Waals surface area contributed by atoms with Crippen LogP contribution in [0.4, 0.5) is 0 Å². The van der Waals surface area contributed by atoms with Gasteiger partial charge in [-0.15, -0.1) is 0 Å². The number of methoxy groups -OCH3 is 1. The zero-order valence-electron chi connectivity index (χ0n) is 20.2. The number of rotatable bonds is 6. The van der Waals surface area contributed by atoms with Crippen LogP contribution in [-0.4, -0.2) is 7.11 Å². The molecule has 0 bridgehead atoms. The van der Waals surface area contributed by atoms with Crippen LogP contribution in [0.1, 0.15) is 27.8 Å². The van der Waals surface area contributed by atoms with E-state index in [1.54, 1.807) is 18.9 Å². The third kappa shape index (κ3) is 5.26. The van der Waals surface area contributed by atoms with Crippen molar-refractivity contribution in [3.63, 3.8) is 0 Å². The van der Waals surface area contributed by atoms with Gasteiger partial charge >= 0.3 is 0 Å². The lowest BCUT2D eigenvalue weighted by molar-refractivity contribution is 0.408. The SMILES string of the molecule is COc1c(C)cc(Sc2cc(C)c(Oc3ccc(-c4ccc(C)cc4)cc3)c(C)c2)cc1C. The second kappa shape index (κ2) is 9.76. The predicted molar refractivity (Wildman–Crippen MR) is 139 cm³/mol. The molecule has 0 amide bonds. The van der Waals surface area contributed by atoms with E-state index in [-0.39, 0.29) is 0 Å². The molecule has 0 atom stereocenters. The van der Waals surface area contributed by atoms with Gasteiger partial charge in [-0.3, -0.25) is 0 Å². The van der Waals surface area contributed by atoms with Crippen LogP contribution in [0.3, 0.4) is 0 Å². The van der Waals surface area contributed by atoms with Crippen LogP contribution in [0.5, 0.6) is 17.2 Å². The zero-order valence-corrected chi connectivity index (χ0v) is 21.0. The van der Waals surface area contributed by atoms with Crippen molar-refractivity contribution in [2.24, 2.45) is 0 Å². The lowest BCUT2D eigenvalue weighted by Crippen LogP contribution is -1.93. The Bertz CT molecular complexity index is 1230. The molecule has 3 heteroatoms. The molecule has 0 aliphatic rings. The molecule has 0 saturated heterocycles. The fraction of sp³-hybridized carbons (Fsp3) is 0.200. The highest BCUT2D eigenvalue weighted by atomic mass is 32.2. The molecule has 0 heterocycles. The molecule has 0 radical (unpaired) electrons. The van der Waals surface area contributed by atoms with Crippen LogP contribution in [0, 0.1) is 34.6 Å². The van der Waals surface area contributed by atoms with Crippen molar-refractivity contribution in [1.29, 1.82) is 0 Å². The quantitative estimate of drug-likeness (QED) is 0.290. The average Bonchev–Trinajstić information content (AvgIpc) is 2.77. The second-order valence-electron chi connectivity index (χ2n) is 8.57. The number of hydrogen-bond donors (Lipinski definition) is 0. The standard InChI is InChI=1S/C30H30O2S/c1-19-7-9-24(10-8-19)25-11-13-26(14-12-25)32-30-22(4)17-28(18-23(30)5)33-27-15-20(2)29(31-6)21(3)16-27/h7-18H,1-6H3. The molecular formula is C30H30O2S. The summed E-state index contributed by atoms with van der Waals surface area (Å²) in [6, 6.07) is 25.7. The van der Waals surface area contributed by atoms with Gasteiger partial charge in [0.15, 0.2) is 0 Å². The summed E-state index contributed by atoms with van der Waals surface area (Å²) in [6.45, 7) is 10.5. The number of benzene rings is 4. The van der Waals surface area contributed by atoms with E-state index in [4.69, 9.17) is 9.47 Å². The second-order valence-corrected chi connectivity index (χ2v) is 9.72. The Labute approximate surface area is 201 Å². The van der Waals surface area contributed by atoms with Gasteiger partial charge < -0.3 is 9.47 Å². The lowest BCUT2D eigenvalue weighted by Gasteiger charge is -2.15. The Morgan fingerprint density at radius 1 is 0.545 bits per heavy atom. The molecule has 0 N–H and O–H groups in total. The summed E-state index contributed by atoms with van der Waals surface area (Å²) >= 11 is 1.77. The molecule has 0 aromatic heterocycles. The molecular weight excluding hydrogens is 424 g/mol. The zero-order chi connectivity index (χ0) is 23.5. The van der Waals surface area contributed by atoms with Gasteiger partial charge in [0, 0.05) is 9.79 Å². The summed E-state index contributed by atoms with van der Waals surface area (Å²) in [5.74, 6) is 2.73. The highest BCUT2D eigenvalue weighted by molar-refractivity contribution is 7.99. The summed E-state index contributed by atoms with van der Waals surface area (Å²) in [5, 5.41) is 0. The van der Waals surface area contributed by atoms with E-state index in [0.717, 1.165) is 39.5 Å². The summed E-state index contributed by atoms with van der Waals surface area (Å²) < 4.78 is 11.8. The van der Waals surface area contributed by atoms with Gasteiger partial charge in [-0.25, -0.2) is 0 Å². The van der Waals surface area contributed by atoms with E-state index < -0.39 is 0 Å². The Morgan fingerprint density at radius 3 is 1.42 bits per heavy atom. The maximum Gasteiger partial charge on any atom is 0.133 e. The first-order valence-corrected chi connectivity index (χ1v) is 11.9. The van der Waals surface area contributed by atoms with Crippen LogP contribution >= 0.6 is 11.8 Å². The first-order valence-electron chi connectivity index (χ1n) is 11.1. The van der Waals surface area contributed by atoms with E-state index >= 15 is 0 Å². The van der Waals surface area contributed by atoms with Gasteiger partial charge in [-0.1, -0.05) is 53.7 Å². The van der Waals surface area contributed by atoms with Crippen LogP contribution in [-0.2, 0) is 0 Å². The molecule has 4 aromatic rings. The van der Waals surface area contributed by atoms with E-state index in [2.05, 4.69) is 95.3 Å². The van der Waals surface area contributed by atoms with Gasteiger partial charge in [0.25, 0.3) is 0 Å². The highest BCUT2D eigenvalue weighted by Crippen LogP contribution is 2.38. The van der Waals surface area contributed by atoms with Crippen molar-refractivity contribution in [2.45, 2.75) is 44.4 Å². The normalized spacial score (nSPS) is 10.8. The van der Waals surface area contributed by atoms with Crippen LogP contribution in [0.25, 0.3) is 11.1 Å². The number of aryl methyl sites for hydroxylation is 5. The van der Waals surface area contributed by atoms with Crippen LogP contribution < -0.4 is 9.47 Å². The molecule has 0 aliphatic heterocycles. The largest absolute Gasteiger partial charge is 0.496 e. The molecule has 168 valence electrons. The fourth-order valence-electron chi connectivity index (χ4n) is 4.14. The lowest BCUT2D eigenvalue weighted by atomic mass is 10.0. The topological polar surface area (TPSA) is 18.5 Å². The third-order valence-electron chi connectivity index (χ3n) is 5.77. The minimum absolute atomic E-state index is 0.846. The average molecular weight is 455 g/mol. The van der Waals surface area contributed by atoms with Crippen molar-refractivity contribution in [3.8, 4) is 28.4 Å². The van der Waals surface area contributed by atoms with Crippen LogP contribution in [0.2, 0.25) is 0 Å². The molecule has 0 saturated carbocycles. The number of hydrogen-bond acceptors (Lipinski definition) is 3. The summed E-state index contributed by atoms with van der Waals surface area (Å²) in [6.07, 6.45) is 0.